The number of rotatable bonds is 7. The minimum atomic E-state index is -0.180. The molecule has 1 N–H and O–H groups in total. The number of benzene rings is 1. The number of halogens is 1. The lowest BCUT2D eigenvalue weighted by atomic mass is 10.0. The second-order valence-corrected chi connectivity index (χ2v) is 5.38. The number of hydrogen-bond donors (Lipinski definition) is 1. The molecule has 4 heteroatoms. The molecular weight excluding hydrogens is 265 g/mol. The first-order valence-electron chi connectivity index (χ1n) is 7.64. The lowest BCUT2D eigenvalue weighted by Gasteiger charge is -2.19. The topological polar surface area (TPSA) is 29.9 Å². The van der Waals surface area contributed by atoms with E-state index in [1.165, 1.54) is 6.07 Å². The fraction of sp³-hybridized carbons (Fsp3) is 0.471. The Morgan fingerprint density at radius 1 is 1.29 bits per heavy atom. The second kappa shape index (κ2) is 7.36. The van der Waals surface area contributed by atoms with Gasteiger partial charge in [0.1, 0.15) is 5.82 Å². The van der Waals surface area contributed by atoms with Gasteiger partial charge in [0.05, 0.1) is 17.4 Å². The van der Waals surface area contributed by atoms with E-state index < -0.39 is 0 Å². The van der Waals surface area contributed by atoms with Gasteiger partial charge in [0.25, 0.3) is 0 Å². The van der Waals surface area contributed by atoms with Crippen molar-refractivity contribution in [3.05, 3.63) is 53.1 Å². The average molecular weight is 289 g/mol. The van der Waals surface area contributed by atoms with Crippen LogP contribution in [0.25, 0.3) is 0 Å². The van der Waals surface area contributed by atoms with Crippen LogP contribution < -0.4 is 5.32 Å². The Kier molecular flexibility index (Phi) is 5.51. The summed E-state index contributed by atoms with van der Waals surface area (Å²) in [4.78, 5) is 0. The third-order valence-corrected chi connectivity index (χ3v) is 3.66. The smallest absolute Gasteiger partial charge is 0.123 e. The summed E-state index contributed by atoms with van der Waals surface area (Å²) in [6, 6.07) is 9.13. The van der Waals surface area contributed by atoms with E-state index in [4.69, 9.17) is 0 Å². The Hall–Kier alpha value is -1.68. The molecule has 1 aromatic carbocycles. The normalized spacial score (nSPS) is 12.6. The summed E-state index contributed by atoms with van der Waals surface area (Å²) in [5.74, 6) is -0.180. The zero-order chi connectivity index (χ0) is 15.2. The van der Waals surface area contributed by atoms with Crippen LogP contribution in [0.3, 0.4) is 0 Å². The maximum absolute atomic E-state index is 13.4. The molecule has 0 bridgehead atoms. The molecule has 0 amide bonds. The summed E-state index contributed by atoms with van der Waals surface area (Å²) in [5, 5.41) is 8.07. The van der Waals surface area contributed by atoms with E-state index in [1.54, 1.807) is 12.1 Å². The monoisotopic (exact) mass is 289 g/mol. The average Bonchev–Trinajstić information content (AvgIpc) is 2.85. The third kappa shape index (κ3) is 4.14. The molecule has 0 saturated heterocycles. The highest BCUT2D eigenvalue weighted by atomic mass is 19.1. The molecule has 2 aromatic rings. The Bertz CT molecular complexity index is 577. The van der Waals surface area contributed by atoms with E-state index in [1.807, 2.05) is 17.8 Å². The molecule has 1 aromatic heterocycles. The van der Waals surface area contributed by atoms with Crippen molar-refractivity contribution < 1.29 is 4.39 Å². The maximum atomic E-state index is 13.4. The summed E-state index contributed by atoms with van der Waals surface area (Å²) in [6.45, 7) is 5.19. The Morgan fingerprint density at radius 3 is 2.71 bits per heavy atom. The SMILES string of the molecule is CCCNC(Cc1cccc(F)c1)c1cc(CC)nn1C. The highest BCUT2D eigenvalue weighted by Crippen LogP contribution is 2.20. The van der Waals surface area contributed by atoms with Gasteiger partial charge in [0.15, 0.2) is 0 Å². The zero-order valence-electron chi connectivity index (χ0n) is 13.1. The van der Waals surface area contributed by atoms with Crippen molar-refractivity contribution in [2.75, 3.05) is 6.54 Å². The van der Waals surface area contributed by atoms with E-state index in [-0.39, 0.29) is 11.9 Å². The van der Waals surface area contributed by atoms with Gasteiger partial charge in [-0.1, -0.05) is 26.0 Å². The molecule has 0 fully saturated rings. The highest BCUT2D eigenvalue weighted by Gasteiger charge is 2.17. The summed E-state index contributed by atoms with van der Waals surface area (Å²) in [5.41, 5.74) is 3.25. The summed E-state index contributed by atoms with van der Waals surface area (Å²) in [7, 11) is 1.97. The minimum Gasteiger partial charge on any atom is -0.308 e. The standard InChI is InChI=1S/C17H24FN3/c1-4-9-19-16(11-13-7-6-8-14(18)10-13)17-12-15(5-2)20-21(17)3/h6-8,10,12,16,19H,4-5,9,11H2,1-3H3. The molecule has 114 valence electrons. The van der Waals surface area contributed by atoms with Gasteiger partial charge < -0.3 is 5.32 Å². The second-order valence-electron chi connectivity index (χ2n) is 5.38. The van der Waals surface area contributed by atoms with Crippen molar-refractivity contribution >= 4 is 0 Å². The summed E-state index contributed by atoms with van der Waals surface area (Å²) >= 11 is 0. The molecule has 0 saturated carbocycles. The predicted molar refractivity (Wildman–Crippen MR) is 83.7 cm³/mol. The molecule has 0 aliphatic carbocycles. The number of aromatic nitrogens is 2. The van der Waals surface area contributed by atoms with Crippen LogP contribution >= 0.6 is 0 Å². The van der Waals surface area contributed by atoms with Crippen molar-refractivity contribution in [2.24, 2.45) is 7.05 Å². The Balaban J connectivity index is 2.22. The quantitative estimate of drug-likeness (QED) is 0.846. The molecule has 1 unspecified atom stereocenters. The van der Waals surface area contributed by atoms with Crippen molar-refractivity contribution in [1.82, 2.24) is 15.1 Å². The number of hydrogen-bond acceptors (Lipinski definition) is 2. The first kappa shape index (κ1) is 15.7. The van der Waals surface area contributed by atoms with E-state index in [0.29, 0.717) is 0 Å². The van der Waals surface area contributed by atoms with Crippen LogP contribution in [-0.2, 0) is 19.9 Å². The van der Waals surface area contributed by atoms with Gasteiger partial charge in [-0.05, 0) is 49.6 Å². The van der Waals surface area contributed by atoms with E-state index in [0.717, 1.165) is 42.8 Å². The minimum absolute atomic E-state index is 0.157. The van der Waals surface area contributed by atoms with Gasteiger partial charge in [-0.3, -0.25) is 4.68 Å². The van der Waals surface area contributed by atoms with Crippen molar-refractivity contribution in [2.45, 2.75) is 39.2 Å². The molecule has 1 atom stereocenters. The van der Waals surface area contributed by atoms with Crippen LogP contribution in [0.15, 0.2) is 30.3 Å². The highest BCUT2D eigenvalue weighted by molar-refractivity contribution is 5.22. The molecule has 21 heavy (non-hydrogen) atoms. The Morgan fingerprint density at radius 2 is 2.10 bits per heavy atom. The van der Waals surface area contributed by atoms with Gasteiger partial charge in [-0.25, -0.2) is 4.39 Å². The lowest BCUT2D eigenvalue weighted by molar-refractivity contribution is 0.492. The maximum Gasteiger partial charge on any atom is 0.123 e. The summed E-state index contributed by atoms with van der Waals surface area (Å²) in [6.07, 6.45) is 2.76. The van der Waals surface area contributed by atoms with Gasteiger partial charge >= 0.3 is 0 Å². The lowest BCUT2D eigenvalue weighted by Crippen LogP contribution is -2.26. The molecule has 2 rings (SSSR count). The van der Waals surface area contributed by atoms with Crippen molar-refractivity contribution in [1.29, 1.82) is 0 Å². The fourth-order valence-electron chi connectivity index (χ4n) is 2.54. The van der Waals surface area contributed by atoms with Gasteiger partial charge in [0.2, 0.25) is 0 Å². The van der Waals surface area contributed by atoms with Gasteiger partial charge in [-0.15, -0.1) is 0 Å². The zero-order valence-corrected chi connectivity index (χ0v) is 13.1. The van der Waals surface area contributed by atoms with E-state index in [9.17, 15) is 4.39 Å². The van der Waals surface area contributed by atoms with Crippen LogP contribution in [0.4, 0.5) is 4.39 Å². The van der Waals surface area contributed by atoms with Crippen molar-refractivity contribution in [3.8, 4) is 0 Å². The van der Waals surface area contributed by atoms with E-state index in [2.05, 4.69) is 30.3 Å². The van der Waals surface area contributed by atoms with Crippen LogP contribution in [0, 0.1) is 5.82 Å². The number of nitrogens with zero attached hydrogens (tertiary/aromatic N) is 2. The first-order chi connectivity index (χ1) is 10.1. The predicted octanol–water partition coefficient (Wildman–Crippen LogP) is 3.41. The van der Waals surface area contributed by atoms with Crippen molar-refractivity contribution in [3.63, 3.8) is 0 Å². The molecule has 0 spiro atoms. The molecule has 0 aliphatic heterocycles. The van der Waals surface area contributed by atoms with Crippen LogP contribution in [0.2, 0.25) is 0 Å². The number of aryl methyl sites for hydroxylation is 2. The largest absolute Gasteiger partial charge is 0.308 e. The van der Waals surface area contributed by atoms with Crippen LogP contribution in [0.1, 0.15) is 43.3 Å². The summed E-state index contributed by atoms with van der Waals surface area (Å²) < 4.78 is 15.3. The molecule has 1 heterocycles. The molecule has 0 aliphatic rings. The Labute approximate surface area is 126 Å². The fourth-order valence-corrected chi connectivity index (χ4v) is 2.54. The number of nitrogens with one attached hydrogen (secondary N) is 1. The molecule has 0 radical (unpaired) electrons. The van der Waals surface area contributed by atoms with Crippen LogP contribution in [0.5, 0.6) is 0 Å². The molecular formula is C17H24FN3. The van der Waals surface area contributed by atoms with Gasteiger partial charge in [0, 0.05) is 7.05 Å². The third-order valence-electron chi connectivity index (χ3n) is 3.66. The first-order valence-corrected chi connectivity index (χ1v) is 7.64. The van der Waals surface area contributed by atoms with Crippen LogP contribution in [-0.4, -0.2) is 16.3 Å². The molecule has 3 nitrogen and oxygen atoms in total. The van der Waals surface area contributed by atoms with E-state index >= 15 is 0 Å². The van der Waals surface area contributed by atoms with Gasteiger partial charge in [-0.2, -0.15) is 5.10 Å².